The number of halogens is 13. The van der Waals surface area contributed by atoms with E-state index in [9.17, 15) is 57.1 Å². The van der Waals surface area contributed by atoms with Crippen molar-refractivity contribution in [2.24, 2.45) is 0 Å². The van der Waals surface area contributed by atoms with Gasteiger partial charge in [-0.2, -0.15) is 35.1 Å². The Morgan fingerprint density at radius 1 is 0.786 bits per heavy atom. The van der Waals surface area contributed by atoms with E-state index in [0.29, 0.717) is 13.1 Å². The minimum Gasteiger partial charge on any atom is -0.384 e. The summed E-state index contributed by atoms with van der Waals surface area (Å²) in [5, 5.41) is 8.40. The lowest BCUT2D eigenvalue weighted by molar-refractivity contribution is -0.383. The zero-order valence-corrected chi connectivity index (χ0v) is 14.9. The van der Waals surface area contributed by atoms with Crippen molar-refractivity contribution in [3.63, 3.8) is 0 Å². The zero-order valence-electron chi connectivity index (χ0n) is 13.9. The standard InChI is InChI=1S/C13H13F13OSi/c1-28(2,5-3-4-27)9(18)11(21,22)13(25,26)12(23,24)10(19,20)7(15)6(14)8(16)17/h6-9,27H,4H2,1-2H3. The van der Waals surface area contributed by atoms with Gasteiger partial charge in [0.2, 0.25) is 6.17 Å². The first kappa shape index (κ1) is 26.8. The van der Waals surface area contributed by atoms with Gasteiger partial charge in [-0.05, 0) is 0 Å². The molecule has 0 amide bonds. The summed E-state index contributed by atoms with van der Waals surface area (Å²) in [6.07, 6.45) is -14.7. The normalized spacial score (nSPS) is 17.8. The van der Waals surface area contributed by atoms with Crippen molar-refractivity contribution in [3.8, 4) is 11.5 Å². The summed E-state index contributed by atoms with van der Waals surface area (Å²) in [7, 11) is -4.56. The highest BCUT2D eigenvalue weighted by Gasteiger charge is 2.85. The van der Waals surface area contributed by atoms with Crippen LogP contribution in [0.5, 0.6) is 0 Å². The Morgan fingerprint density at radius 3 is 1.54 bits per heavy atom. The van der Waals surface area contributed by atoms with Crippen molar-refractivity contribution in [2.75, 3.05) is 6.61 Å². The molecule has 0 aromatic rings. The molecule has 0 aliphatic rings. The van der Waals surface area contributed by atoms with E-state index in [1.54, 1.807) is 11.5 Å². The maximum absolute atomic E-state index is 14.0. The van der Waals surface area contributed by atoms with Crippen LogP contribution in [0.2, 0.25) is 13.1 Å². The van der Waals surface area contributed by atoms with Crippen LogP contribution in [0.3, 0.4) is 0 Å². The highest BCUT2D eigenvalue weighted by Crippen LogP contribution is 2.56. The van der Waals surface area contributed by atoms with Crippen molar-refractivity contribution in [3.05, 3.63) is 0 Å². The third-order valence-electron chi connectivity index (χ3n) is 3.54. The number of aliphatic hydroxyl groups is 1. The Morgan fingerprint density at radius 2 is 1.18 bits per heavy atom. The summed E-state index contributed by atoms with van der Waals surface area (Å²) in [4.78, 5) is 0. The first-order valence-corrected chi connectivity index (χ1v) is 10.1. The molecule has 0 radical (unpaired) electrons. The molecule has 28 heavy (non-hydrogen) atoms. The van der Waals surface area contributed by atoms with Crippen LogP contribution >= 0.6 is 0 Å². The Bertz CT molecular complexity index is 595. The van der Waals surface area contributed by atoms with Gasteiger partial charge in [0.15, 0.2) is 20.0 Å². The van der Waals surface area contributed by atoms with E-state index < -0.39 is 62.9 Å². The molecule has 0 saturated heterocycles. The minimum absolute atomic E-state index is 0.507. The molecule has 0 rings (SSSR count). The summed E-state index contributed by atoms with van der Waals surface area (Å²) in [6, 6.07) is 0. The second-order valence-electron chi connectivity index (χ2n) is 6.12. The SMILES string of the molecule is C[Si](C)(C#CCO)C(F)C(F)(F)C(F)(F)C(F)(F)C(F)(F)C(F)C(F)C(F)F. The lowest BCUT2D eigenvalue weighted by atomic mass is 9.94. The van der Waals surface area contributed by atoms with Crippen LogP contribution in [0, 0.1) is 11.5 Å². The summed E-state index contributed by atoms with van der Waals surface area (Å²) in [5.74, 6) is -31.1. The predicted octanol–water partition coefficient (Wildman–Crippen LogP) is 4.59. The minimum atomic E-state index is -7.47. The van der Waals surface area contributed by atoms with Crippen LogP contribution in [0.1, 0.15) is 0 Å². The molecular weight excluding hydrogens is 447 g/mol. The second-order valence-corrected chi connectivity index (χ2v) is 10.3. The van der Waals surface area contributed by atoms with E-state index in [4.69, 9.17) is 5.11 Å². The van der Waals surface area contributed by atoms with Gasteiger partial charge in [0.25, 0.3) is 6.43 Å². The molecule has 0 saturated carbocycles. The van der Waals surface area contributed by atoms with Crippen LogP contribution < -0.4 is 0 Å². The third kappa shape index (κ3) is 4.36. The maximum atomic E-state index is 14.0. The Labute approximate surface area is 150 Å². The summed E-state index contributed by atoms with van der Waals surface area (Å²) < 4.78 is 172. The van der Waals surface area contributed by atoms with Gasteiger partial charge in [0, 0.05) is 0 Å². The fourth-order valence-corrected chi connectivity index (χ4v) is 3.61. The third-order valence-corrected chi connectivity index (χ3v) is 5.99. The lowest BCUT2D eigenvalue weighted by Gasteiger charge is -2.40. The number of rotatable bonds is 8. The topological polar surface area (TPSA) is 20.2 Å². The molecule has 0 fully saturated rings. The first-order valence-electron chi connectivity index (χ1n) is 7.06. The van der Waals surface area contributed by atoms with Crippen LogP contribution in [-0.4, -0.2) is 68.0 Å². The number of hydrogen-bond donors (Lipinski definition) is 1. The number of aliphatic hydroxyl groups excluding tert-OH is 1. The molecule has 3 unspecified atom stereocenters. The lowest BCUT2D eigenvalue weighted by Crippen LogP contribution is -2.70. The van der Waals surface area contributed by atoms with E-state index in [0.717, 1.165) is 0 Å². The Hall–Kier alpha value is -1.17. The van der Waals surface area contributed by atoms with E-state index in [-0.39, 0.29) is 0 Å². The van der Waals surface area contributed by atoms with Crippen molar-refractivity contribution in [1.82, 2.24) is 0 Å². The molecule has 1 nitrogen and oxygen atoms in total. The average molecular weight is 460 g/mol. The van der Waals surface area contributed by atoms with Crippen LogP contribution in [0.25, 0.3) is 0 Å². The van der Waals surface area contributed by atoms with Gasteiger partial charge in [-0.1, -0.05) is 19.0 Å². The van der Waals surface area contributed by atoms with Gasteiger partial charge >= 0.3 is 23.7 Å². The molecule has 0 heterocycles. The van der Waals surface area contributed by atoms with Gasteiger partial charge in [0.1, 0.15) is 6.61 Å². The predicted molar refractivity (Wildman–Crippen MR) is 72.8 cm³/mol. The fourth-order valence-electron chi connectivity index (χ4n) is 1.86. The van der Waals surface area contributed by atoms with Crippen LogP contribution in [0.4, 0.5) is 57.1 Å². The molecule has 166 valence electrons. The van der Waals surface area contributed by atoms with Crippen molar-refractivity contribution < 1.29 is 62.2 Å². The molecule has 0 aromatic heterocycles. The zero-order chi connectivity index (χ0) is 22.9. The van der Waals surface area contributed by atoms with E-state index in [2.05, 4.69) is 0 Å². The monoisotopic (exact) mass is 460 g/mol. The summed E-state index contributed by atoms with van der Waals surface area (Å²) in [6.45, 7) is -0.0473. The summed E-state index contributed by atoms with van der Waals surface area (Å²) in [5.41, 5.74) is 1.62. The van der Waals surface area contributed by atoms with Crippen molar-refractivity contribution >= 4 is 8.07 Å². The second kappa shape index (κ2) is 8.29. The quantitative estimate of drug-likeness (QED) is 0.319. The maximum Gasteiger partial charge on any atom is 0.381 e. The van der Waals surface area contributed by atoms with Gasteiger partial charge < -0.3 is 5.11 Å². The van der Waals surface area contributed by atoms with Gasteiger partial charge in [-0.25, -0.2) is 22.0 Å². The first-order chi connectivity index (χ1) is 12.2. The Kier molecular flexibility index (Phi) is 7.94. The average Bonchev–Trinajstić information content (AvgIpc) is 2.56. The van der Waals surface area contributed by atoms with Gasteiger partial charge in [-0.15, -0.1) is 5.54 Å². The van der Waals surface area contributed by atoms with E-state index in [1.165, 1.54) is 0 Å². The smallest absolute Gasteiger partial charge is 0.381 e. The fraction of sp³-hybridized carbons (Fsp3) is 0.846. The highest BCUT2D eigenvalue weighted by atomic mass is 28.3. The van der Waals surface area contributed by atoms with Crippen LogP contribution in [-0.2, 0) is 0 Å². The molecule has 0 aromatic carbocycles. The molecule has 0 spiro atoms. The highest BCUT2D eigenvalue weighted by molar-refractivity contribution is 6.86. The molecule has 0 aliphatic heterocycles. The van der Waals surface area contributed by atoms with E-state index in [1.807, 2.05) is 0 Å². The van der Waals surface area contributed by atoms with E-state index >= 15 is 0 Å². The van der Waals surface area contributed by atoms with Crippen LogP contribution in [0.15, 0.2) is 0 Å². The molecule has 3 atom stereocenters. The molecule has 1 N–H and O–H groups in total. The Balaban J connectivity index is 6.24. The van der Waals surface area contributed by atoms with Crippen molar-refractivity contribution in [2.45, 2.75) is 61.3 Å². The number of alkyl halides is 13. The van der Waals surface area contributed by atoms with Gasteiger partial charge in [0.05, 0.1) is 0 Å². The van der Waals surface area contributed by atoms with Crippen molar-refractivity contribution in [1.29, 1.82) is 0 Å². The van der Waals surface area contributed by atoms with Gasteiger partial charge in [-0.3, -0.25) is 0 Å². The molecule has 15 heteroatoms. The molecule has 0 aliphatic carbocycles. The molecular formula is C13H13F13OSi. The summed E-state index contributed by atoms with van der Waals surface area (Å²) >= 11 is 0. The molecule has 0 bridgehead atoms. The number of hydrogen-bond acceptors (Lipinski definition) is 1. The largest absolute Gasteiger partial charge is 0.384 e.